The van der Waals surface area contributed by atoms with Crippen molar-refractivity contribution in [2.24, 2.45) is 5.92 Å². The number of aliphatic carboxylic acids is 1. The van der Waals surface area contributed by atoms with Gasteiger partial charge in [0.25, 0.3) is 5.91 Å². The lowest BCUT2D eigenvalue weighted by molar-refractivity contribution is -0.137. The largest absolute Gasteiger partial charge is 0.480 e. The average molecular weight is 264 g/mol. The van der Waals surface area contributed by atoms with Crippen molar-refractivity contribution in [3.8, 4) is 0 Å². The zero-order valence-corrected chi connectivity index (χ0v) is 11.0. The summed E-state index contributed by atoms with van der Waals surface area (Å²) in [4.78, 5) is 22.7. The van der Waals surface area contributed by atoms with Crippen LogP contribution < -0.4 is 5.32 Å². The quantitative estimate of drug-likeness (QED) is 0.853. The Morgan fingerprint density at radius 1 is 1.32 bits per heavy atom. The van der Waals surface area contributed by atoms with E-state index in [0.29, 0.717) is 18.2 Å². The van der Waals surface area contributed by atoms with Gasteiger partial charge in [0.2, 0.25) is 0 Å². The van der Waals surface area contributed by atoms with E-state index in [-0.39, 0.29) is 12.5 Å². The molecule has 2 N–H and O–H groups in total. The highest BCUT2D eigenvalue weighted by molar-refractivity contribution is 5.93. The maximum absolute atomic E-state index is 12.0. The van der Waals surface area contributed by atoms with Crippen LogP contribution in [0, 0.1) is 5.92 Å². The molecule has 1 aliphatic rings. The number of carbonyl (C=O) groups excluding carboxylic acids is 1. The van der Waals surface area contributed by atoms with E-state index in [9.17, 15) is 9.59 Å². The van der Waals surface area contributed by atoms with Crippen LogP contribution in [0.2, 0.25) is 0 Å². The third-order valence-electron chi connectivity index (χ3n) is 3.64. The van der Waals surface area contributed by atoms with Crippen LogP contribution in [0.3, 0.4) is 0 Å². The molecular formula is C14H20N2O3. The fourth-order valence-electron chi connectivity index (χ4n) is 2.62. The van der Waals surface area contributed by atoms with E-state index < -0.39 is 5.97 Å². The first-order valence-corrected chi connectivity index (χ1v) is 6.82. The summed E-state index contributed by atoms with van der Waals surface area (Å²) >= 11 is 0. The molecule has 1 aromatic rings. The summed E-state index contributed by atoms with van der Waals surface area (Å²) in [6.45, 7) is 0.510. The summed E-state index contributed by atoms with van der Waals surface area (Å²) in [6.07, 6.45) is 7.76. The Hall–Kier alpha value is -1.78. The topological polar surface area (TPSA) is 71.3 Å². The maximum Gasteiger partial charge on any atom is 0.323 e. The number of hydrogen-bond donors (Lipinski definition) is 2. The zero-order valence-electron chi connectivity index (χ0n) is 11.0. The summed E-state index contributed by atoms with van der Waals surface area (Å²) in [5.74, 6) is -0.560. The molecule has 1 heterocycles. The van der Waals surface area contributed by atoms with Crippen LogP contribution in [0.4, 0.5) is 0 Å². The summed E-state index contributed by atoms with van der Waals surface area (Å²) in [5, 5.41) is 11.7. The Labute approximate surface area is 112 Å². The Morgan fingerprint density at radius 2 is 2.05 bits per heavy atom. The Morgan fingerprint density at radius 3 is 2.74 bits per heavy atom. The third kappa shape index (κ3) is 3.84. The van der Waals surface area contributed by atoms with Crippen molar-refractivity contribution in [1.29, 1.82) is 0 Å². The minimum Gasteiger partial charge on any atom is -0.480 e. The molecule has 0 saturated heterocycles. The summed E-state index contributed by atoms with van der Waals surface area (Å²) in [6, 6.07) is 3.34. The van der Waals surface area contributed by atoms with Crippen molar-refractivity contribution in [3.05, 3.63) is 24.0 Å². The number of carboxylic acid groups (broad SMARTS) is 1. The van der Waals surface area contributed by atoms with Crippen molar-refractivity contribution in [3.63, 3.8) is 0 Å². The molecule has 1 amide bonds. The fraction of sp³-hybridized carbons (Fsp3) is 0.571. The van der Waals surface area contributed by atoms with Crippen LogP contribution in [0.5, 0.6) is 0 Å². The van der Waals surface area contributed by atoms with E-state index in [1.54, 1.807) is 18.3 Å². The van der Waals surface area contributed by atoms with Crippen LogP contribution in [0.25, 0.3) is 0 Å². The fourth-order valence-corrected chi connectivity index (χ4v) is 2.62. The molecule has 104 valence electrons. The van der Waals surface area contributed by atoms with Crippen LogP contribution in [0.1, 0.15) is 42.6 Å². The third-order valence-corrected chi connectivity index (χ3v) is 3.64. The van der Waals surface area contributed by atoms with E-state index in [1.807, 2.05) is 0 Å². The number of carbonyl (C=O) groups is 2. The number of carboxylic acids is 1. The monoisotopic (exact) mass is 264 g/mol. The van der Waals surface area contributed by atoms with Crippen LogP contribution in [-0.4, -0.2) is 28.1 Å². The highest BCUT2D eigenvalue weighted by Gasteiger charge is 2.16. The molecule has 1 saturated carbocycles. The second-order valence-corrected chi connectivity index (χ2v) is 5.13. The molecule has 0 aliphatic heterocycles. The minimum absolute atomic E-state index is 0.181. The molecule has 1 aromatic heterocycles. The number of rotatable bonds is 5. The first-order chi connectivity index (χ1) is 9.16. The Balaban J connectivity index is 1.88. The summed E-state index contributed by atoms with van der Waals surface area (Å²) in [5.41, 5.74) is 0.415. The van der Waals surface area contributed by atoms with E-state index in [2.05, 4.69) is 5.32 Å². The molecular weight excluding hydrogens is 244 g/mol. The van der Waals surface area contributed by atoms with E-state index in [0.717, 1.165) is 0 Å². The molecule has 5 nitrogen and oxygen atoms in total. The van der Waals surface area contributed by atoms with Crippen molar-refractivity contribution < 1.29 is 14.7 Å². The smallest absolute Gasteiger partial charge is 0.323 e. The number of amides is 1. The molecule has 0 spiro atoms. The number of aromatic nitrogens is 1. The zero-order chi connectivity index (χ0) is 13.7. The molecule has 0 atom stereocenters. The van der Waals surface area contributed by atoms with Crippen molar-refractivity contribution >= 4 is 11.9 Å². The molecule has 1 aliphatic carbocycles. The van der Waals surface area contributed by atoms with Gasteiger partial charge in [0, 0.05) is 12.7 Å². The van der Waals surface area contributed by atoms with E-state index in [1.165, 1.54) is 36.7 Å². The number of nitrogens with zero attached hydrogens (tertiary/aromatic N) is 1. The van der Waals surface area contributed by atoms with Gasteiger partial charge in [0.1, 0.15) is 12.2 Å². The average Bonchev–Trinajstić information content (AvgIpc) is 2.84. The lowest BCUT2D eigenvalue weighted by atomic mass is 9.89. The van der Waals surface area contributed by atoms with Crippen molar-refractivity contribution in [2.75, 3.05) is 6.54 Å². The maximum atomic E-state index is 12.0. The highest BCUT2D eigenvalue weighted by atomic mass is 16.4. The second kappa shape index (κ2) is 6.41. The van der Waals surface area contributed by atoms with Gasteiger partial charge in [-0.25, -0.2) is 0 Å². The van der Waals surface area contributed by atoms with Crippen LogP contribution in [-0.2, 0) is 11.3 Å². The molecule has 0 aromatic carbocycles. The first kappa shape index (κ1) is 13.6. The standard InChI is InChI=1S/C14H20N2O3/c17-13(18)10-16-8-4-7-12(16)14(19)15-9-11-5-2-1-3-6-11/h4,7-8,11H,1-3,5-6,9-10H2,(H,15,19)(H,17,18). The van der Waals surface area contributed by atoms with Crippen molar-refractivity contribution in [1.82, 2.24) is 9.88 Å². The van der Waals surface area contributed by atoms with Gasteiger partial charge in [0.05, 0.1) is 0 Å². The highest BCUT2D eigenvalue weighted by Crippen LogP contribution is 2.22. The van der Waals surface area contributed by atoms with Gasteiger partial charge in [-0.1, -0.05) is 19.3 Å². The lowest BCUT2D eigenvalue weighted by Crippen LogP contribution is -2.32. The van der Waals surface area contributed by atoms with Crippen LogP contribution in [0.15, 0.2) is 18.3 Å². The SMILES string of the molecule is O=C(O)Cn1cccc1C(=O)NCC1CCCCC1. The van der Waals surface area contributed by atoms with Gasteiger partial charge in [-0.3, -0.25) is 9.59 Å². The lowest BCUT2D eigenvalue weighted by Gasteiger charge is -2.21. The summed E-state index contributed by atoms with van der Waals surface area (Å²) < 4.78 is 1.46. The number of nitrogens with one attached hydrogen (secondary N) is 1. The van der Waals surface area contributed by atoms with Gasteiger partial charge in [-0.2, -0.15) is 0 Å². The predicted molar refractivity (Wildman–Crippen MR) is 71.0 cm³/mol. The minimum atomic E-state index is -0.947. The Bertz CT molecular complexity index is 447. The molecule has 5 heteroatoms. The van der Waals surface area contributed by atoms with Gasteiger partial charge < -0.3 is 15.0 Å². The predicted octanol–water partition coefficient (Wildman–Crippen LogP) is 1.88. The molecule has 0 bridgehead atoms. The van der Waals surface area contributed by atoms with Crippen molar-refractivity contribution in [2.45, 2.75) is 38.6 Å². The normalized spacial score (nSPS) is 16.2. The van der Waals surface area contributed by atoms with E-state index >= 15 is 0 Å². The molecule has 1 fully saturated rings. The van der Waals surface area contributed by atoms with Gasteiger partial charge >= 0.3 is 5.97 Å². The van der Waals surface area contributed by atoms with Crippen LogP contribution >= 0.6 is 0 Å². The van der Waals surface area contributed by atoms with E-state index in [4.69, 9.17) is 5.11 Å². The van der Waals surface area contributed by atoms with Gasteiger partial charge in [-0.15, -0.1) is 0 Å². The second-order valence-electron chi connectivity index (χ2n) is 5.13. The van der Waals surface area contributed by atoms with Gasteiger partial charge in [0.15, 0.2) is 0 Å². The number of hydrogen-bond acceptors (Lipinski definition) is 2. The first-order valence-electron chi connectivity index (χ1n) is 6.82. The Kier molecular flexibility index (Phi) is 4.60. The molecule has 0 radical (unpaired) electrons. The molecule has 0 unspecified atom stereocenters. The van der Waals surface area contributed by atoms with Gasteiger partial charge in [-0.05, 0) is 30.9 Å². The summed E-state index contributed by atoms with van der Waals surface area (Å²) in [7, 11) is 0. The molecule has 2 rings (SSSR count). The molecule has 19 heavy (non-hydrogen) atoms.